The standard InChI is InChI=1S/C17H18ClN3O3/c1-11-5-6-12(8-14(11)18)21-16(22)9-15(17(23)24)20-10-13-4-2-3-7-19-13/h2-8,15,20H,9-10H2,1H3,(H,21,22)(H,23,24)/t15-/m0/s1. The Balaban J connectivity index is 1.92. The molecule has 24 heavy (non-hydrogen) atoms. The monoisotopic (exact) mass is 347 g/mol. The van der Waals surface area contributed by atoms with Crippen LogP contribution in [0.15, 0.2) is 42.6 Å². The molecule has 1 aromatic heterocycles. The van der Waals surface area contributed by atoms with Gasteiger partial charge in [0.25, 0.3) is 0 Å². The fourth-order valence-corrected chi connectivity index (χ4v) is 2.23. The first-order chi connectivity index (χ1) is 11.5. The van der Waals surface area contributed by atoms with Gasteiger partial charge in [-0.3, -0.25) is 19.9 Å². The van der Waals surface area contributed by atoms with Crippen molar-refractivity contribution in [2.45, 2.75) is 25.9 Å². The number of pyridine rings is 1. The van der Waals surface area contributed by atoms with Crippen LogP contribution < -0.4 is 10.6 Å². The first kappa shape index (κ1) is 17.9. The van der Waals surface area contributed by atoms with E-state index in [1.165, 1.54) is 0 Å². The summed E-state index contributed by atoms with van der Waals surface area (Å²) in [6.07, 6.45) is 1.42. The molecule has 6 nitrogen and oxygen atoms in total. The fourth-order valence-electron chi connectivity index (χ4n) is 2.05. The summed E-state index contributed by atoms with van der Waals surface area (Å²) in [6.45, 7) is 2.12. The Bertz CT molecular complexity index is 722. The minimum atomic E-state index is -1.09. The van der Waals surface area contributed by atoms with E-state index in [0.29, 0.717) is 16.4 Å². The zero-order valence-electron chi connectivity index (χ0n) is 13.1. The molecule has 1 aromatic carbocycles. The Morgan fingerprint density at radius 3 is 2.71 bits per heavy atom. The molecule has 0 unspecified atom stereocenters. The number of amides is 1. The highest BCUT2D eigenvalue weighted by molar-refractivity contribution is 6.31. The van der Waals surface area contributed by atoms with Gasteiger partial charge in [0, 0.05) is 23.5 Å². The average molecular weight is 348 g/mol. The van der Waals surface area contributed by atoms with Crippen LogP contribution in [0.25, 0.3) is 0 Å². The third-order valence-electron chi connectivity index (χ3n) is 3.40. The fraction of sp³-hybridized carbons (Fsp3) is 0.235. The summed E-state index contributed by atoms with van der Waals surface area (Å²) in [7, 11) is 0. The number of aliphatic carboxylic acids is 1. The second-order valence-corrected chi connectivity index (χ2v) is 5.72. The normalized spacial score (nSPS) is 11.8. The van der Waals surface area contributed by atoms with Crippen molar-refractivity contribution in [1.82, 2.24) is 10.3 Å². The van der Waals surface area contributed by atoms with Gasteiger partial charge >= 0.3 is 5.97 Å². The number of hydrogen-bond donors (Lipinski definition) is 3. The number of nitrogens with zero attached hydrogens (tertiary/aromatic N) is 1. The van der Waals surface area contributed by atoms with Crippen molar-refractivity contribution in [3.8, 4) is 0 Å². The van der Waals surface area contributed by atoms with E-state index >= 15 is 0 Å². The van der Waals surface area contributed by atoms with Gasteiger partial charge in [0.1, 0.15) is 6.04 Å². The van der Waals surface area contributed by atoms with Crippen molar-refractivity contribution >= 4 is 29.2 Å². The first-order valence-electron chi connectivity index (χ1n) is 7.38. The molecule has 0 aliphatic heterocycles. The number of carbonyl (C=O) groups excluding carboxylic acids is 1. The number of carboxylic acid groups (broad SMARTS) is 1. The van der Waals surface area contributed by atoms with Crippen LogP contribution in [0.2, 0.25) is 5.02 Å². The predicted molar refractivity (Wildman–Crippen MR) is 91.9 cm³/mol. The first-order valence-corrected chi connectivity index (χ1v) is 7.75. The molecule has 3 N–H and O–H groups in total. The van der Waals surface area contributed by atoms with Crippen LogP contribution in [0.4, 0.5) is 5.69 Å². The average Bonchev–Trinajstić information content (AvgIpc) is 2.55. The molecule has 7 heteroatoms. The van der Waals surface area contributed by atoms with Gasteiger partial charge in [0.05, 0.1) is 12.1 Å². The van der Waals surface area contributed by atoms with Crippen LogP contribution in [-0.2, 0) is 16.1 Å². The molecule has 0 aliphatic carbocycles. The minimum absolute atomic E-state index is 0.201. The molecule has 0 spiro atoms. The molecule has 0 bridgehead atoms. The van der Waals surface area contributed by atoms with E-state index < -0.39 is 17.9 Å². The number of rotatable bonds is 7. The Labute approximate surface area is 144 Å². The van der Waals surface area contributed by atoms with Gasteiger partial charge in [0.2, 0.25) is 5.91 Å². The van der Waals surface area contributed by atoms with Gasteiger partial charge in [-0.15, -0.1) is 0 Å². The SMILES string of the molecule is Cc1ccc(NC(=O)C[C@H](NCc2ccccn2)C(=O)O)cc1Cl. The summed E-state index contributed by atoms with van der Waals surface area (Å²) >= 11 is 6.01. The molecule has 0 saturated heterocycles. The molecule has 0 radical (unpaired) electrons. The molecule has 1 amide bonds. The Morgan fingerprint density at radius 2 is 2.08 bits per heavy atom. The summed E-state index contributed by atoms with van der Waals surface area (Å²) < 4.78 is 0. The molecule has 1 heterocycles. The molecule has 1 atom stereocenters. The quantitative estimate of drug-likeness (QED) is 0.716. The topological polar surface area (TPSA) is 91.3 Å². The maximum absolute atomic E-state index is 12.1. The van der Waals surface area contributed by atoms with Crippen LogP contribution in [0, 0.1) is 6.92 Å². The molecular weight excluding hydrogens is 330 g/mol. The Hall–Kier alpha value is -2.44. The summed E-state index contributed by atoms with van der Waals surface area (Å²) in [5.41, 5.74) is 2.13. The third-order valence-corrected chi connectivity index (χ3v) is 3.81. The number of benzene rings is 1. The van der Waals surface area contributed by atoms with Crippen molar-refractivity contribution in [2.24, 2.45) is 0 Å². The van der Waals surface area contributed by atoms with Crippen LogP contribution >= 0.6 is 11.6 Å². The van der Waals surface area contributed by atoms with E-state index in [-0.39, 0.29) is 13.0 Å². The van der Waals surface area contributed by atoms with Gasteiger partial charge in [-0.25, -0.2) is 0 Å². The van der Waals surface area contributed by atoms with Crippen LogP contribution in [0.5, 0.6) is 0 Å². The van der Waals surface area contributed by atoms with Crippen LogP contribution in [-0.4, -0.2) is 28.0 Å². The number of carboxylic acids is 1. The summed E-state index contributed by atoms with van der Waals surface area (Å²) in [6, 6.07) is 9.49. The van der Waals surface area contributed by atoms with Gasteiger partial charge in [0.15, 0.2) is 0 Å². The highest BCUT2D eigenvalue weighted by atomic mass is 35.5. The molecule has 0 saturated carbocycles. The number of nitrogens with one attached hydrogen (secondary N) is 2. The van der Waals surface area contributed by atoms with E-state index in [4.69, 9.17) is 11.6 Å². The summed E-state index contributed by atoms with van der Waals surface area (Å²) in [5, 5.41) is 15.3. The van der Waals surface area contributed by atoms with Crippen molar-refractivity contribution in [3.63, 3.8) is 0 Å². The van der Waals surface area contributed by atoms with E-state index in [9.17, 15) is 14.7 Å². The molecular formula is C17H18ClN3O3. The lowest BCUT2D eigenvalue weighted by atomic mass is 10.1. The molecule has 0 aliphatic rings. The number of carbonyl (C=O) groups is 2. The molecule has 0 fully saturated rings. The van der Waals surface area contributed by atoms with Gasteiger partial charge < -0.3 is 10.4 Å². The summed E-state index contributed by atoms with van der Waals surface area (Å²) in [4.78, 5) is 27.5. The summed E-state index contributed by atoms with van der Waals surface area (Å²) in [5.74, 6) is -1.50. The lowest BCUT2D eigenvalue weighted by Crippen LogP contribution is -2.39. The predicted octanol–water partition coefficient (Wildman–Crippen LogP) is 2.62. The van der Waals surface area contributed by atoms with Gasteiger partial charge in [-0.2, -0.15) is 0 Å². The largest absolute Gasteiger partial charge is 0.480 e. The molecule has 126 valence electrons. The maximum Gasteiger partial charge on any atom is 0.321 e. The van der Waals surface area contributed by atoms with E-state index in [0.717, 1.165) is 5.56 Å². The van der Waals surface area contributed by atoms with Gasteiger partial charge in [-0.1, -0.05) is 23.7 Å². The highest BCUT2D eigenvalue weighted by Crippen LogP contribution is 2.20. The van der Waals surface area contributed by atoms with Gasteiger partial charge in [-0.05, 0) is 36.8 Å². The maximum atomic E-state index is 12.1. The molecule has 2 aromatic rings. The van der Waals surface area contributed by atoms with Crippen molar-refractivity contribution in [2.75, 3.05) is 5.32 Å². The van der Waals surface area contributed by atoms with Crippen molar-refractivity contribution in [1.29, 1.82) is 0 Å². The lowest BCUT2D eigenvalue weighted by Gasteiger charge is -2.14. The number of aromatic nitrogens is 1. The van der Waals surface area contributed by atoms with E-state index in [1.54, 1.807) is 36.5 Å². The zero-order valence-corrected chi connectivity index (χ0v) is 13.9. The molecule has 2 rings (SSSR count). The van der Waals surface area contributed by atoms with Crippen molar-refractivity contribution in [3.05, 3.63) is 58.9 Å². The second kappa shape index (κ2) is 8.42. The number of anilines is 1. The number of hydrogen-bond acceptors (Lipinski definition) is 4. The van der Waals surface area contributed by atoms with Crippen LogP contribution in [0.1, 0.15) is 17.7 Å². The van der Waals surface area contributed by atoms with E-state index in [2.05, 4.69) is 15.6 Å². The third kappa shape index (κ3) is 5.33. The Morgan fingerprint density at radius 1 is 1.29 bits per heavy atom. The number of aryl methyl sites for hydroxylation is 1. The number of halogens is 1. The lowest BCUT2D eigenvalue weighted by molar-refractivity contribution is -0.141. The second-order valence-electron chi connectivity index (χ2n) is 5.31. The Kier molecular flexibility index (Phi) is 6.28. The minimum Gasteiger partial charge on any atom is -0.480 e. The van der Waals surface area contributed by atoms with E-state index in [1.807, 2.05) is 13.0 Å². The van der Waals surface area contributed by atoms with Crippen molar-refractivity contribution < 1.29 is 14.7 Å². The van der Waals surface area contributed by atoms with Crippen LogP contribution in [0.3, 0.4) is 0 Å². The highest BCUT2D eigenvalue weighted by Gasteiger charge is 2.21. The zero-order chi connectivity index (χ0) is 17.5. The smallest absolute Gasteiger partial charge is 0.321 e.